The van der Waals surface area contributed by atoms with Crippen LogP contribution in [-0.2, 0) is 5.41 Å². The highest BCUT2D eigenvalue weighted by Gasteiger charge is 2.45. The molecule has 2 heterocycles. The number of hydrogen-bond donors (Lipinski definition) is 1. The first-order valence-corrected chi connectivity index (χ1v) is 6.83. The van der Waals surface area contributed by atoms with Gasteiger partial charge in [0.1, 0.15) is 11.5 Å². The van der Waals surface area contributed by atoms with Crippen LogP contribution < -0.4 is 4.74 Å². The third-order valence-corrected chi connectivity index (χ3v) is 4.24. The van der Waals surface area contributed by atoms with Crippen molar-refractivity contribution in [2.45, 2.75) is 44.8 Å². The Bertz CT molecular complexity index is 450. The Kier molecular flexibility index (Phi) is 2.74. The molecule has 3 heteroatoms. The summed E-state index contributed by atoms with van der Waals surface area (Å²) in [6.07, 6.45) is 3.96. The molecule has 1 atom stereocenters. The van der Waals surface area contributed by atoms with Crippen molar-refractivity contribution in [2.24, 2.45) is 0 Å². The van der Waals surface area contributed by atoms with Crippen molar-refractivity contribution in [3.63, 3.8) is 0 Å². The first-order valence-electron chi connectivity index (χ1n) is 6.83. The van der Waals surface area contributed by atoms with Gasteiger partial charge in [-0.25, -0.2) is 0 Å². The van der Waals surface area contributed by atoms with Gasteiger partial charge in [0.05, 0.1) is 0 Å². The van der Waals surface area contributed by atoms with Gasteiger partial charge in [0.25, 0.3) is 0 Å². The normalized spacial score (nSPS) is 26.7. The third-order valence-electron chi connectivity index (χ3n) is 4.24. The van der Waals surface area contributed by atoms with Crippen LogP contribution in [0.1, 0.15) is 38.7 Å². The van der Waals surface area contributed by atoms with E-state index in [0.29, 0.717) is 5.75 Å². The molecule has 0 aliphatic carbocycles. The average molecular weight is 247 g/mol. The van der Waals surface area contributed by atoms with E-state index < -0.39 is 0 Å². The van der Waals surface area contributed by atoms with E-state index in [-0.39, 0.29) is 11.6 Å². The molecule has 1 aromatic carbocycles. The monoisotopic (exact) mass is 247 g/mol. The first kappa shape index (κ1) is 11.8. The van der Waals surface area contributed by atoms with Gasteiger partial charge in [-0.3, -0.25) is 4.90 Å². The second-order valence-corrected chi connectivity index (χ2v) is 5.97. The largest absolute Gasteiger partial charge is 0.508 e. The molecule has 2 aliphatic rings. The summed E-state index contributed by atoms with van der Waals surface area (Å²) in [6, 6.07) is 5.43. The lowest BCUT2D eigenvalue weighted by molar-refractivity contribution is -0.0131. The standard InChI is InChI=1S/C15H21NO2/c1-15(2)12-10-11(17)6-7-13(12)18-14(15)16-8-4-3-5-9-16/h6-7,10,14,17H,3-5,8-9H2,1-2H3/t14-/m1/s1. The number of benzene rings is 1. The van der Waals surface area contributed by atoms with Crippen molar-refractivity contribution in [3.05, 3.63) is 23.8 Å². The fraction of sp³-hybridized carbons (Fsp3) is 0.600. The first-order chi connectivity index (χ1) is 8.59. The summed E-state index contributed by atoms with van der Waals surface area (Å²) >= 11 is 0. The molecule has 0 radical (unpaired) electrons. The maximum absolute atomic E-state index is 9.66. The Hall–Kier alpha value is -1.22. The lowest BCUT2D eigenvalue weighted by Crippen LogP contribution is -2.49. The van der Waals surface area contributed by atoms with Crippen molar-refractivity contribution in [1.29, 1.82) is 0 Å². The zero-order valence-electron chi connectivity index (χ0n) is 11.1. The molecule has 18 heavy (non-hydrogen) atoms. The van der Waals surface area contributed by atoms with Crippen LogP contribution >= 0.6 is 0 Å². The predicted molar refractivity (Wildman–Crippen MR) is 71.0 cm³/mol. The highest BCUT2D eigenvalue weighted by molar-refractivity contribution is 5.47. The van der Waals surface area contributed by atoms with Gasteiger partial charge in [0, 0.05) is 24.1 Å². The minimum atomic E-state index is -0.0641. The van der Waals surface area contributed by atoms with E-state index in [1.54, 1.807) is 6.07 Å². The number of piperidine rings is 1. The summed E-state index contributed by atoms with van der Waals surface area (Å²) in [5, 5.41) is 9.66. The van der Waals surface area contributed by atoms with E-state index in [0.717, 1.165) is 24.4 Å². The van der Waals surface area contributed by atoms with Crippen LogP contribution in [0.25, 0.3) is 0 Å². The Balaban J connectivity index is 1.92. The smallest absolute Gasteiger partial charge is 0.162 e. The minimum Gasteiger partial charge on any atom is -0.508 e. The van der Waals surface area contributed by atoms with Crippen molar-refractivity contribution >= 4 is 0 Å². The van der Waals surface area contributed by atoms with E-state index in [1.807, 2.05) is 12.1 Å². The molecule has 0 aromatic heterocycles. The summed E-state index contributed by atoms with van der Waals surface area (Å²) in [5.41, 5.74) is 1.06. The number of ether oxygens (including phenoxy) is 1. The molecule has 1 aromatic rings. The summed E-state index contributed by atoms with van der Waals surface area (Å²) in [4.78, 5) is 2.44. The summed E-state index contributed by atoms with van der Waals surface area (Å²) in [7, 11) is 0. The minimum absolute atomic E-state index is 0.0641. The number of aromatic hydroxyl groups is 1. The molecule has 2 aliphatic heterocycles. The number of phenols is 1. The maximum atomic E-state index is 9.66. The zero-order valence-corrected chi connectivity index (χ0v) is 11.1. The quantitative estimate of drug-likeness (QED) is 0.828. The molecule has 0 spiro atoms. The van der Waals surface area contributed by atoms with E-state index in [9.17, 15) is 5.11 Å². The van der Waals surface area contributed by atoms with E-state index in [4.69, 9.17) is 4.74 Å². The average Bonchev–Trinajstić information content (AvgIpc) is 2.63. The molecule has 1 saturated heterocycles. The van der Waals surface area contributed by atoms with Crippen LogP contribution in [0, 0.1) is 0 Å². The molecule has 0 saturated carbocycles. The Morgan fingerprint density at radius 2 is 1.94 bits per heavy atom. The number of rotatable bonds is 1. The van der Waals surface area contributed by atoms with E-state index >= 15 is 0 Å². The number of hydrogen-bond acceptors (Lipinski definition) is 3. The van der Waals surface area contributed by atoms with Crippen molar-refractivity contribution in [3.8, 4) is 11.5 Å². The Labute approximate surface area is 108 Å². The lowest BCUT2D eigenvalue weighted by Gasteiger charge is -2.38. The van der Waals surface area contributed by atoms with Gasteiger partial charge in [-0.1, -0.05) is 20.3 Å². The molecule has 0 unspecified atom stereocenters. The van der Waals surface area contributed by atoms with Crippen LogP contribution in [0.15, 0.2) is 18.2 Å². The fourth-order valence-electron chi connectivity index (χ4n) is 3.21. The van der Waals surface area contributed by atoms with Crippen LogP contribution in [0.3, 0.4) is 0 Å². The summed E-state index contributed by atoms with van der Waals surface area (Å²) in [5.74, 6) is 1.25. The highest BCUT2D eigenvalue weighted by atomic mass is 16.5. The molecule has 0 amide bonds. The molecule has 0 bridgehead atoms. The van der Waals surface area contributed by atoms with Gasteiger partial charge in [-0.05, 0) is 31.0 Å². The van der Waals surface area contributed by atoms with Crippen LogP contribution in [-0.4, -0.2) is 29.3 Å². The van der Waals surface area contributed by atoms with Crippen molar-refractivity contribution in [1.82, 2.24) is 4.90 Å². The van der Waals surface area contributed by atoms with Gasteiger partial charge < -0.3 is 9.84 Å². The van der Waals surface area contributed by atoms with Crippen LogP contribution in [0.2, 0.25) is 0 Å². The molecule has 1 N–H and O–H groups in total. The van der Waals surface area contributed by atoms with Crippen molar-refractivity contribution in [2.75, 3.05) is 13.1 Å². The Morgan fingerprint density at radius 1 is 1.22 bits per heavy atom. The predicted octanol–water partition coefficient (Wildman–Crippen LogP) is 2.87. The topological polar surface area (TPSA) is 32.7 Å². The molecular weight excluding hydrogens is 226 g/mol. The zero-order chi connectivity index (χ0) is 12.8. The van der Waals surface area contributed by atoms with Crippen molar-refractivity contribution < 1.29 is 9.84 Å². The van der Waals surface area contributed by atoms with Gasteiger partial charge in [0.2, 0.25) is 0 Å². The van der Waals surface area contributed by atoms with Gasteiger partial charge in [-0.2, -0.15) is 0 Å². The molecule has 3 nitrogen and oxygen atoms in total. The second kappa shape index (κ2) is 4.16. The summed E-state index contributed by atoms with van der Waals surface area (Å²) in [6.45, 7) is 6.65. The molecule has 3 rings (SSSR count). The second-order valence-electron chi connectivity index (χ2n) is 5.97. The van der Waals surface area contributed by atoms with E-state index in [2.05, 4.69) is 18.7 Å². The summed E-state index contributed by atoms with van der Waals surface area (Å²) < 4.78 is 6.13. The lowest BCUT2D eigenvalue weighted by atomic mass is 9.83. The molecular formula is C15H21NO2. The number of nitrogens with zero attached hydrogens (tertiary/aromatic N) is 1. The SMILES string of the molecule is CC1(C)c2cc(O)ccc2O[C@H]1N1CCCCC1. The molecule has 1 fully saturated rings. The van der Waals surface area contributed by atoms with Crippen LogP contribution in [0.5, 0.6) is 11.5 Å². The third kappa shape index (κ3) is 1.77. The van der Waals surface area contributed by atoms with Crippen LogP contribution in [0.4, 0.5) is 0 Å². The van der Waals surface area contributed by atoms with E-state index in [1.165, 1.54) is 19.3 Å². The fourth-order valence-corrected chi connectivity index (χ4v) is 3.21. The highest BCUT2D eigenvalue weighted by Crippen LogP contribution is 2.45. The molecule has 98 valence electrons. The van der Waals surface area contributed by atoms with Gasteiger partial charge in [0.15, 0.2) is 6.23 Å². The van der Waals surface area contributed by atoms with Gasteiger partial charge >= 0.3 is 0 Å². The number of phenolic OH excluding ortho intramolecular Hbond substituents is 1. The number of fused-ring (bicyclic) bond motifs is 1. The maximum Gasteiger partial charge on any atom is 0.162 e. The number of likely N-dealkylation sites (tertiary alicyclic amines) is 1. The van der Waals surface area contributed by atoms with Gasteiger partial charge in [-0.15, -0.1) is 0 Å². The Morgan fingerprint density at radius 3 is 2.67 bits per heavy atom.